The number of nitrogens with zero attached hydrogens (tertiary/aromatic N) is 1. The number of para-hydroxylation sites is 1. The quantitative estimate of drug-likeness (QED) is 0.500. The van der Waals surface area contributed by atoms with Crippen LogP contribution in [0.4, 0.5) is 5.69 Å². The van der Waals surface area contributed by atoms with Crippen molar-refractivity contribution in [2.45, 2.75) is 18.6 Å². The fraction of sp³-hybridized carbons (Fsp3) is 0.130. The third kappa shape index (κ3) is 3.72. The maximum absolute atomic E-state index is 13.3. The molecule has 3 aromatic carbocycles. The molecule has 1 N–H and O–H groups in total. The summed E-state index contributed by atoms with van der Waals surface area (Å²) in [7, 11) is 0. The monoisotopic (exact) mass is 459 g/mol. The largest absolute Gasteiger partial charge is 0.375 e. The van der Waals surface area contributed by atoms with E-state index in [4.69, 9.17) is 34.8 Å². The summed E-state index contributed by atoms with van der Waals surface area (Å²) in [6.07, 6.45) is -0.373. The minimum Gasteiger partial charge on any atom is -0.375 e. The summed E-state index contributed by atoms with van der Waals surface area (Å²) in [4.78, 5) is 27.6. The number of amides is 1. The van der Waals surface area contributed by atoms with Crippen molar-refractivity contribution < 1.29 is 14.7 Å². The van der Waals surface area contributed by atoms with Gasteiger partial charge in [-0.05, 0) is 48.0 Å². The summed E-state index contributed by atoms with van der Waals surface area (Å²) in [5.41, 5.74) is 0.128. The number of anilines is 1. The Labute approximate surface area is 188 Å². The van der Waals surface area contributed by atoms with E-state index in [0.717, 1.165) is 5.56 Å². The van der Waals surface area contributed by atoms with Gasteiger partial charge in [0, 0.05) is 16.1 Å². The van der Waals surface area contributed by atoms with Crippen LogP contribution >= 0.6 is 34.8 Å². The molecule has 0 aromatic heterocycles. The summed E-state index contributed by atoms with van der Waals surface area (Å²) < 4.78 is 0. The first-order chi connectivity index (χ1) is 14.3. The van der Waals surface area contributed by atoms with Crippen molar-refractivity contribution in [1.29, 1.82) is 0 Å². The summed E-state index contributed by atoms with van der Waals surface area (Å²) in [5, 5.41) is 12.7. The van der Waals surface area contributed by atoms with Gasteiger partial charge in [-0.25, -0.2) is 0 Å². The molecule has 0 bridgehead atoms. The van der Waals surface area contributed by atoms with Crippen molar-refractivity contribution in [3.63, 3.8) is 0 Å². The second-order valence-electron chi connectivity index (χ2n) is 7.12. The summed E-state index contributed by atoms with van der Waals surface area (Å²) >= 11 is 18.0. The molecule has 3 aromatic rings. The van der Waals surface area contributed by atoms with E-state index < -0.39 is 11.5 Å². The number of halogens is 3. The van der Waals surface area contributed by atoms with Crippen molar-refractivity contribution in [2.24, 2.45) is 0 Å². The minimum atomic E-state index is -1.95. The lowest BCUT2D eigenvalue weighted by Crippen LogP contribution is -2.41. The lowest BCUT2D eigenvalue weighted by Gasteiger charge is -2.23. The fourth-order valence-corrected chi connectivity index (χ4v) is 4.07. The topological polar surface area (TPSA) is 57.6 Å². The van der Waals surface area contributed by atoms with Crippen LogP contribution in [0.15, 0.2) is 66.7 Å². The van der Waals surface area contributed by atoms with Crippen LogP contribution in [0.2, 0.25) is 15.1 Å². The highest BCUT2D eigenvalue weighted by Crippen LogP contribution is 2.43. The highest BCUT2D eigenvalue weighted by molar-refractivity contribution is 6.42. The van der Waals surface area contributed by atoms with Crippen molar-refractivity contribution in [2.75, 3.05) is 4.90 Å². The average Bonchev–Trinajstić information content (AvgIpc) is 2.93. The Balaban J connectivity index is 1.67. The van der Waals surface area contributed by atoms with Crippen molar-refractivity contribution in [1.82, 2.24) is 0 Å². The molecular weight excluding hydrogens is 445 g/mol. The standard InChI is InChI=1S/C23H16Cl3NO3/c24-16-8-6-15(7-9-16)21(28)12-23(30)17-3-1-2-4-20(17)27(22(23)29)13-14-5-10-18(25)19(26)11-14/h1-11,30H,12-13H2/t23-/m0/s1. The fourth-order valence-electron chi connectivity index (χ4n) is 3.63. The van der Waals surface area contributed by atoms with Crippen LogP contribution in [0.5, 0.6) is 0 Å². The Morgan fingerprint density at radius 3 is 2.33 bits per heavy atom. The Morgan fingerprint density at radius 1 is 0.933 bits per heavy atom. The first-order valence-electron chi connectivity index (χ1n) is 9.16. The number of hydrogen-bond donors (Lipinski definition) is 1. The number of fused-ring (bicyclic) bond motifs is 1. The number of ketones is 1. The first kappa shape index (κ1) is 20.9. The molecule has 0 fully saturated rings. The maximum Gasteiger partial charge on any atom is 0.264 e. The second kappa shape index (κ2) is 8.05. The van der Waals surface area contributed by atoms with Gasteiger partial charge in [-0.15, -0.1) is 0 Å². The summed E-state index contributed by atoms with van der Waals surface area (Å²) in [6.45, 7) is 0.185. The number of carbonyl (C=O) groups is 2. The zero-order valence-electron chi connectivity index (χ0n) is 15.6. The van der Waals surface area contributed by atoms with Crippen molar-refractivity contribution in [3.05, 3.63) is 98.5 Å². The van der Waals surface area contributed by atoms with Gasteiger partial charge in [0.1, 0.15) is 0 Å². The van der Waals surface area contributed by atoms with E-state index >= 15 is 0 Å². The predicted octanol–water partition coefficient (Wildman–Crippen LogP) is 5.65. The van der Waals surface area contributed by atoms with Gasteiger partial charge >= 0.3 is 0 Å². The highest BCUT2D eigenvalue weighted by Gasteiger charge is 2.50. The molecular formula is C23H16Cl3NO3. The first-order valence-corrected chi connectivity index (χ1v) is 10.3. The summed E-state index contributed by atoms with van der Waals surface area (Å²) in [6, 6.07) is 18.4. The van der Waals surface area contributed by atoms with Crippen LogP contribution in [-0.4, -0.2) is 16.8 Å². The molecule has 1 aliphatic heterocycles. The number of hydrogen-bond acceptors (Lipinski definition) is 3. The normalized spacial score (nSPS) is 17.9. The average molecular weight is 461 g/mol. The second-order valence-corrected chi connectivity index (χ2v) is 8.37. The van der Waals surface area contributed by atoms with Crippen molar-refractivity contribution >= 4 is 52.2 Å². The third-order valence-corrected chi connectivity index (χ3v) is 6.14. The zero-order valence-corrected chi connectivity index (χ0v) is 17.9. The minimum absolute atomic E-state index is 0.185. The van der Waals surface area contributed by atoms with Crippen LogP contribution in [0.3, 0.4) is 0 Å². The molecule has 0 radical (unpaired) electrons. The van der Waals surface area contributed by atoms with E-state index in [0.29, 0.717) is 31.9 Å². The van der Waals surface area contributed by atoms with Gasteiger partial charge in [-0.2, -0.15) is 0 Å². The molecule has 0 aliphatic carbocycles. The van der Waals surface area contributed by atoms with Gasteiger partial charge in [0.05, 0.1) is 28.7 Å². The van der Waals surface area contributed by atoms with E-state index in [2.05, 4.69) is 0 Å². The van der Waals surface area contributed by atoms with Gasteiger partial charge in [0.2, 0.25) is 0 Å². The third-order valence-electron chi connectivity index (χ3n) is 5.15. The van der Waals surface area contributed by atoms with Crippen molar-refractivity contribution in [3.8, 4) is 0 Å². The molecule has 0 saturated carbocycles. The molecule has 1 heterocycles. The van der Waals surface area contributed by atoms with E-state index in [1.54, 1.807) is 66.7 Å². The molecule has 152 valence electrons. The van der Waals surface area contributed by atoms with Gasteiger partial charge in [0.15, 0.2) is 11.4 Å². The van der Waals surface area contributed by atoms with Crippen LogP contribution in [0.1, 0.15) is 27.9 Å². The van der Waals surface area contributed by atoms with E-state index in [-0.39, 0.29) is 18.7 Å². The number of Topliss-reactive ketones (excluding diaryl/α,β-unsaturated/α-hetero) is 1. The molecule has 1 atom stereocenters. The number of carbonyl (C=O) groups excluding carboxylic acids is 2. The molecule has 0 spiro atoms. The Bertz CT molecular complexity index is 1150. The zero-order chi connectivity index (χ0) is 21.5. The Morgan fingerprint density at radius 2 is 1.63 bits per heavy atom. The molecule has 4 nitrogen and oxygen atoms in total. The lowest BCUT2D eigenvalue weighted by atomic mass is 9.88. The lowest BCUT2D eigenvalue weighted by molar-refractivity contribution is -0.136. The maximum atomic E-state index is 13.3. The van der Waals surface area contributed by atoms with E-state index in [1.165, 1.54) is 4.90 Å². The molecule has 0 unspecified atom stereocenters. The molecule has 0 saturated heterocycles. The molecule has 7 heteroatoms. The van der Waals surface area contributed by atoms with Gasteiger partial charge in [-0.1, -0.05) is 59.1 Å². The molecule has 30 heavy (non-hydrogen) atoms. The van der Waals surface area contributed by atoms with E-state index in [9.17, 15) is 14.7 Å². The SMILES string of the molecule is O=C(C[C@@]1(O)C(=O)N(Cc2ccc(Cl)c(Cl)c2)c2ccccc21)c1ccc(Cl)cc1. The molecule has 4 rings (SSSR count). The van der Waals surface area contributed by atoms with Crippen LogP contribution in [0, 0.1) is 0 Å². The van der Waals surface area contributed by atoms with Gasteiger partial charge in [0.25, 0.3) is 5.91 Å². The number of rotatable bonds is 5. The van der Waals surface area contributed by atoms with Gasteiger partial charge in [-0.3, -0.25) is 9.59 Å². The molecule has 1 amide bonds. The summed E-state index contributed by atoms with van der Waals surface area (Å²) in [5.74, 6) is -0.911. The predicted molar refractivity (Wildman–Crippen MR) is 118 cm³/mol. The Hall–Kier alpha value is -2.37. The smallest absolute Gasteiger partial charge is 0.264 e. The molecule has 1 aliphatic rings. The van der Waals surface area contributed by atoms with Crippen LogP contribution < -0.4 is 4.90 Å². The highest BCUT2D eigenvalue weighted by atomic mass is 35.5. The van der Waals surface area contributed by atoms with Gasteiger partial charge < -0.3 is 10.0 Å². The Kier molecular flexibility index (Phi) is 5.60. The van der Waals surface area contributed by atoms with Crippen LogP contribution in [-0.2, 0) is 16.9 Å². The number of aliphatic hydroxyl groups is 1. The van der Waals surface area contributed by atoms with E-state index in [1.807, 2.05) is 0 Å². The number of benzene rings is 3. The van der Waals surface area contributed by atoms with Crippen LogP contribution in [0.25, 0.3) is 0 Å².